The average Bonchev–Trinajstić information content (AvgIpc) is 2.02. The zero-order chi connectivity index (χ0) is 8.60. The Morgan fingerprint density at radius 3 is 2.17 bits per heavy atom. The number of halogens is 1. The molecule has 0 bridgehead atoms. The molecule has 0 radical (unpaired) electrons. The van der Waals surface area contributed by atoms with Crippen LogP contribution in [0, 0.1) is 0 Å². The summed E-state index contributed by atoms with van der Waals surface area (Å²) in [7, 11) is 0. The fraction of sp³-hybridized carbons (Fsp3) is 0.400. The molecule has 1 fully saturated rings. The maximum absolute atomic E-state index is 4.26. The van der Waals surface area contributed by atoms with Crippen LogP contribution in [-0.2, 0) is 5.54 Å². The van der Waals surface area contributed by atoms with Crippen LogP contribution in [0.15, 0.2) is 28.7 Å². The van der Waals surface area contributed by atoms with E-state index in [9.17, 15) is 0 Å². The van der Waals surface area contributed by atoms with E-state index in [1.165, 1.54) is 24.8 Å². The maximum atomic E-state index is 4.26. The second-order valence-electron chi connectivity index (χ2n) is 3.64. The van der Waals surface area contributed by atoms with Gasteiger partial charge in [-0.2, -0.15) is 0 Å². The fourth-order valence-electron chi connectivity index (χ4n) is 1.70. The summed E-state index contributed by atoms with van der Waals surface area (Å²) in [5.74, 6) is 0. The van der Waals surface area contributed by atoms with Gasteiger partial charge in [0.25, 0.3) is 0 Å². The maximum Gasteiger partial charge on any atom is 0.120 e. The van der Waals surface area contributed by atoms with Gasteiger partial charge in [0.2, 0.25) is 0 Å². The predicted octanol–water partition coefficient (Wildman–Crippen LogP) is 2.07. The van der Waals surface area contributed by atoms with Gasteiger partial charge in [-0.25, -0.2) is 0 Å². The van der Waals surface area contributed by atoms with Gasteiger partial charge < -0.3 is 5.73 Å². The van der Waals surface area contributed by atoms with E-state index in [-0.39, 0.29) is 5.54 Å². The summed E-state index contributed by atoms with van der Waals surface area (Å²) in [6.07, 6.45) is 3.82. The van der Waals surface area contributed by atoms with E-state index in [0.717, 1.165) is 4.47 Å². The zero-order valence-electron chi connectivity index (χ0n) is 7.02. The van der Waals surface area contributed by atoms with Crippen molar-refractivity contribution in [3.63, 3.8) is 0 Å². The van der Waals surface area contributed by atoms with Crippen LogP contribution >= 0.6 is 15.9 Å². The molecule has 64 valence electrons. The largest absolute Gasteiger partial charge is 0.349 e. The highest BCUT2D eigenvalue weighted by molar-refractivity contribution is 9.10. The van der Waals surface area contributed by atoms with Gasteiger partial charge in [-0.3, -0.25) is 0 Å². The van der Waals surface area contributed by atoms with Crippen LogP contribution < -0.4 is 5.73 Å². The van der Waals surface area contributed by atoms with Gasteiger partial charge in [-0.15, -0.1) is 0 Å². The quantitative estimate of drug-likeness (QED) is 0.760. The summed E-state index contributed by atoms with van der Waals surface area (Å²) in [5, 5.41) is 0. The van der Waals surface area contributed by atoms with Crippen LogP contribution in [0.4, 0.5) is 0 Å². The van der Waals surface area contributed by atoms with Gasteiger partial charge in [-0.05, 0) is 18.6 Å². The molecule has 3 N–H and O–H groups in total. The molecule has 0 amide bonds. The Morgan fingerprint density at radius 1 is 1.17 bits per heavy atom. The van der Waals surface area contributed by atoms with Crippen molar-refractivity contribution in [1.82, 2.24) is 0 Å². The van der Waals surface area contributed by atoms with Crippen LogP contribution in [0.5, 0.6) is 0 Å². The van der Waals surface area contributed by atoms with Crippen molar-refractivity contribution in [2.24, 2.45) is 0 Å². The van der Waals surface area contributed by atoms with Crippen LogP contribution in [0.1, 0.15) is 24.8 Å². The molecule has 0 spiro atoms. The standard InChI is InChI=1S/C10H12BrN/c11-9-4-2-8(3-5-9)10(12)6-1-7-10/h2-5H,1,6-7,12H2/p+1. The second-order valence-corrected chi connectivity index (χ2v) is 4.56. The minimum atomic E-state index is 0.237. The van der Waals surface area contributed by atoms with Gasteiger partial charge in [0.15, 0.2) is 0 Å². The Bertz CT molecular complexity index is 274. The molecule has 2 heteroatoms. The van der Waals surface area contributed by atoms with Crippen LogP contribution in [0.3, 0.4) is 0 Å². The molecule has 0 aliphatic heterocycles. The molecule has 1 saturated carbocycles. The number of hydrogen-bond acceptors (Lipinski definition) is 0. The first kappa shape index (κ1) is 8.27. The van der Waals surface area contributed by atoms with E-state index in [4.69, 9.17) is 0 Å². The fourth-order valence-corrected chi connectivity index (χ4v) is 1.96. The number of quaternary nitrogens is 1. The molecule has 1 aromatic carbocycles. The van der Waals surface area contributed by atoms with Crippen molar-refractivity contribution in [2.45, 2.75) is 24.8 Å². The molecule has 12 heavy (non-hydrogen) atoms. The number of benzene rings is 1. The summed E-state index contributed by atoms with van der Waals surface area (Å²) in [6.45, 7) is 0. The van der Waals surface area contributed by atoms with E-state index in [1.54, 1.807) is 0 Å². The van der Waals surface area contributed by atoms with Crippen molar-refractivity contribution < 1.29 is 5.73 Å². The lowest BCUT2D eigenvalue weighted by atomic mass is 9.73. The van der Waals surface area contributed by atoms with Crippen molar-refractivity contribution in [3.05, 3.63) is 34.3 Å². The molecule has 0 heterocycles. The lowest BCUT2D eigenvalue weighted by Crippen LogP contribution is -2.73. The Kier molecular flexibility index (Phi) is 1.97. The molecule has 1 aliphatic rings. The van der Waals surface area contributed by atoms with Crippen LogP contribution in [0.2, 0.25) is 0 Å². The van der Waals surface area contributed by atoms with E-state index >= 15 is 0 Å². The van der Waals surface area contributed by atoms with Crippen molar-refractivity contribution in [3.8, 4) is 0 Å². The predicted molar refractivity (Wildman–Crippen MR) is 52.6 cm³/mol. The molecule has 0 saturated heterocycles. The Labute approximate surface area is 81.1 Å². The van der Waals surface area contributed by atoms with Gasteiger partial charge in [-0.1, -0.05) is 28.1 Å². The summed E-state index contributed by atoms with van der Waals surface area (Å²) in [5.41, 5.74) is 5.88. The lowest BCUT2D eigenvalue weighted by molar-refractivity contribution is -0.509. The molecule has 1 aliphatic carbocycles. The van der Waals surface area contributed by atoms with E-state index in [2.05, 4.69) is 45.9 Å². The average molecular weight is 227 g/mol. The minimum absolute atomic E-state index is 0.237. The first-order valence-electron chi connectivity index (χ1n) is 4.32. The minimum Gasteiger partial charge on any atom is -0.349 e. The van der Waals surface area contributed by atoms with Crippen molar-refractivity contribution in [2.75, 3.05) is 0 Å². The third-order valence-electron chi connectivity index (χ3n) is 2.77. The van der Waals surface area contributed by atoms with Crippen molar-refractivity contribution >= 4 is 15.9 Å². The van der Waals surface area contributed by atoms with Gasteiger partial charge in [0.1, 0.15) is 5.54 Å². The van der Waals surface area contributed by atoms with Crippen LogP contribution in [-0.4, -0.2) is 0 Å². The highest BCUT2D eigenvalue weighted by atomic mass is 79.9. The normalized spacial score (nSPS) is 20.2. The van der Waals surface area contributed by atoms with E-state index < -0.39 is 0 Å². The highest BCUT2D eigenvalue weighted by Crippen LogP contribution is 2.36. The summed E-state index contributed by atoms with van der Waals surface area (Å²) >= 11 is 3.43. The summed E-state index contributed by atoms with van der Waals surface area (Å²) in [6, 6.07) is 8.55. The molecule has 0 unspecified atom stereocenters. The third-order valence-corrected chi connectivity index (χ3v) is 3.30. The first-order chi connectivity index (χ1) is 5.71. The van der Waals surface area contributed by atoms with E-state index in [1.807, 2.05) is 0 Å². The molecule has 1 aromatic rings. The molecule has 2 rings (SSSR count). The molecule has 0 aromatic heterocycles. The first-order valence-corrected chi connectivity index (χ1v) is 5.11. The topological polar surface area (TPSA) is 27.6 Å². The SMILES string of the molecule is [NH3+]C1(c2ccc(Br)cc2)CCC1. The van der Waals surface area contributed by atoms with Crippen molar-refractivity contribution in [1.29, 1.82) is 0 Å². The summed E-state index contributed by atoms with van der Waals surface area (Å²) in [4.78, 5) is 0. The van der Waals surface area contributed by atoms with Crippen LogP contribution in [0.25, 0.3) is 0 Å². The summed E-state index contributed by atoms with van der Waals surface area (Å²) < 4.78 is 1.15. The smallest absolute Gasteiger partial charge is 0.120 e. The zero-order valence-corrected chi connectivity index (χ0v) is 8.60. The number of hydrogen-bond donors (Lipinski definition) is 1. The Morgan fingerprint density at radius 2 is 1.75 bits per heavy atom. The molecular formula is C10H13BrN+. The van der Waals surface area contributed by atoms with E-state index in [0.29, 0.717) is 0 Å². The Balaban J connectivity index is 2.28. The Hall–Kier alpha value is -0.340. The number of rotatable bonds is 1. The van der Waals surface area contributed by atoms with Gasteiger partial charge in [0.05, 0.1) is 0 Å². The second kappa shape index (κ2) is 2.86. The third kappa shape index (κ3) is 1.29. The lowest BCUT2D eigenvalue weighted by Gasteiger charge is -2.34. The molecular weight excluding hydrogens is 214 g/mol. The highest BCUT2D eigenvalue weighted by Gasteiger charge is 2.38. The molecule has 0 atom stereocenters. The molecule has 1 nitrogen and oxygen atoms in total. The van der Waals surface area contributed by atoms with Gasteiger partial charge in [0, 0.05) is 22.9 Å². The monoisotopic (exact) mass is 226 g/mol. The van der Waals surface area contributed by atoms with Gasteiger partial charge >= 0.3 is 0 Å².